The Bertz CT molecular complexity index is 1160. The summed E-state index contributed by atoms with van der Waals surface area (Å²) in [5, 5.41) is 9.81. The lowest BCUT2D eigenvalue weighted by Gasteiger charge is -2.06. The van der Waals surface area contributed by atoms with E-state index in [0.717, 1.165) is 22.8 Å². The summed E-state index contributed by atoms with van der Waals surface area (Å²) in [7, 11) is 1.63. The number of nitrogens with one attached hydrogen (secondary N) is 1. The van der Waals surface area contributed by atoms with Gasteiger partial charge in [0.25, 0.3) is 0 Å². The van der Waals surface area contributed by atoms with Crippen molar-refractivity contribution in [3.8, 4) is 22.8 Å². The van der Waals surface area contributed by atoms with Gasteiger partial charge < -0.3 is 9.47 Å². The van der Waals surface area contributed by atoms with Crippen LogP contribution in [0.15, 0.2) is 53.9 Å². The standard InChI is InChI=1S/C21H19ClN4O3S/c1-28-17-5-2-4-14(12-17)18-13-30-21-24-20(25-26(18)21)23-19(27)6-3-11-29-16-9-7-15(22)8-10-16/h2,4-5,7-10,12-13H,3,6,11H2,1H3,(H,23,25,27). The number of methoxy groups -OCH3 is 1. The lowest BCUT2D eigenvalue weighted by molar-refractivity contribution is -0.116. The van der Waals surface area contributed by atoms with Gasteiger partial charge in [0.15, 0.2) is 0 Å². The number of benzene rings is 2. The van der Waals surface area contributed by atoms with Gasteiger partial charge in [0.1, 0.15) is 11.5 Å². The number of anilines is 1. The number of aromatic nitrogens is 3. The number of nitrogens with zero attached hydrogens (tertiary/aromatic N) is 3. The van der Waals surface area contributed by atoms with Crippen LogP contribution in [0.4, 0.5) is 5.95 Å². The topological polar surface area (TPSA) is 77.8 Å². The monoisotopic (exact) mass is 442 g/mol. The van der Waals surface area contributed by atoms with E-state index >= 15 is 0 Å². The highest BCUT2D eigenvalue weighted by atomic mass is 35.5. The Kier molecular flexibility index (Phi) is 6.15. The maximum Gasteiger partial charge on any atom is 0.250 e. The number of hydrogen-bond acceptors (Lipinski definition) is 6. The van der Waals surface area contributed by atoms with E-state index in [-0.39, 0.29) is 11.9 Å². The first-order chi connectivity index (χ1) is 14.6. The fourth-order valence-electron chi connectivity index (χ4n) is 2.86. The van der Waals surface area contributed by atoms with Gasteiger partial charge in [-0.2, -0.15) is 4.98 Å². The van der Waals surface area contributed by atoms with Crippen LogP contribution in [0.1, 0.15) is 12.8 Å². The van der Waals surface area contributed by atoms with Gasteiger partial charge in [0.2, 0.25) is 16.8 Å². The summed E-state index contributed by atoms with van der Waals surface area (Å²) in [4.78, 5) is 17.3. The zero-order valence-electron chi connectivity index (χ0n) is 16.2. The van der Waals surface area contributed by atoms with Gasteiger partial charge in [-0.15, -0.1) is 16.4 Å². The minimum Gasteiger partial charge on any atom is -0.497 e. The number of amides is 1. The smallest absolute Gasteiger partial charge is 0.250 e. The molecule has 0 radical (unpaired) electrons. The van der Waals surface area contributed by atoms with E-state index < -0.39 is 0 Å². The highest BCUT2D eigenvalue weighted by molar-refractivity contribution is 7.15. The number of rotatable bonds is 8. The third kappa shape index (κ3) is 4.72. The summed E-state index contributed by atoms with van der Waals surface area (Å²) in [5.41, 5.74) is 1.85. The Morgan fingerprint density at radius 3 is 2.83 bits per heavy atom. The molecule has 0 aliphatic rings. The quantitative estimate of drug-likeness (QED) is 0.392. The summed E-state index contributed by atoms with van der Waals surface area (Å²) >= 11 is 7.30. The van der Waals surface area contributed by atoms with Crippen LogP contribution in [0.25, 0.3) is 16.2 Å². The van der Waals surface area contributed by atoms with E-state index in [4.69, 9.17) is 21.1 Å². The molecule has 2 heterocycles. The van der Waals surface area contributed by atoms with Gasteiger partial charge >= 0.3 is 0 Å². The molecule has 0 aliphatic heterocycles. The molecule has 0 spiro atoms. The highest BCUT2D eigenvalue weighted by Crippen LogP contribution is 2.28. The van der Waals surface area contributed by atoms with Gasteiger partial charge in [0.05, 0.1) is 19.4 Å². The average molecular weight is 443 g/mol. The molecule has 0 saturated carbocycles. The fraction of sp³-hybridized carbons (Fsp3) is 0.190. The first kappa shape index (κ1) is 20.2. The number of carbonyl (C=O) groups is 1. The molecule has 0 atom stereocenters. The molecule has 1 amide bonds. The predicted molar refractivity (Wildman–Crippen MR) is 118 cm³/mol. The van der Waals surface area contributed by atoms with Gasteiger partial charge in [-0.05, 0) is 42.8 Å². The number of carbonyl (C=O) groups excluding carboxylic acids is 1. The Morgan fingerprint density at radius 2 is 2.03 bits per heavy atom. The van der Waals surface area contributed by atoms with Crippen LogP contribution in [-0.2, 0) is 4.79 Å². The third-order valence-electron chi connectivity index (χ3n) is 4.33. The second kappa shape index (κ2) is 9.15. The molecule has 154 valence electrons. The number of thiazole rings is 1. The van der Waals surface area contributed by atoms with E-state index in [9.17, 15) is 4.79 Å². The molecule has 7 nitrogen and oxygen atoms in total. The number of hydrogen-bond donors (Lipinski definition) is 1. The molecular weight excluding hydrogens is 424 g/mol. The van der Waals surface area contributed by atoms with Crippen LogP contribution >= 0.6 is 22.9 Å². The minimum absolute atomic E-state index is 0.157. The largest absolute Gasteiger partial charge is 0.497 e. The molecule has 4 aromatic rings. The molecule has 1 N–H and O–H groups in total. The molecular formula is C21H19ClN4O3S. The molecule has 0 unspecified atom stereocenters. The van der Waals surface area contributed by atoms with Gasteiger partial charge in [0, 0.05) is 22.4 Å². The maximum absolute atomic E-state index is 12.2. The first-order valence-corrected chi connectivity index (χ1v) is 10.5. The SMILES string of the molecule is COc1cccc(-c2csc3nc(NC(=O)CCCOc4ccc(Cl)cc4)nn23)c1. The lowest BCUT2D eigenvalue weighted by atomic mass is 10.2. The van der Waals surface area contributed by atoms with Crippen LogP contribution in [0.5, 0.6) is 11.5 Å². The Labute approximate surface area is 182 Å². The normalized spacial score (nSPS) is 10.9. The Balaban J connectivity index is 1.34. The minimum atomic E-state index is -0.157. The lowest BCUT2D eigenvalue weighted by Crippen LogP contribution is -2.14. The number of halogens is 1. The predicted octanol–water partition coefficient (Wildman–Crippen LogP) is 4.92. The van der Waals surface area contributed by atoms with Crippen LogP contribution < -0.4 is 14.8 Å². The average Bonchev–Trinajstić information content (AvgIpc) is 3.32. The number of ether oxygens (including phenoxy) is 2. The summed E-state index contributed by atoms with van der Waals surface area (Å²) in [6.45, 7) is 0.431. The van der Waals surface area contributed by atoms with E-state index in [1.807, 2.05) is 29.6 Å². The van der Waals surface area contributed by atoms with Crippen LogP contribution in [0.3, 0.4) is 0 Å². The molecule has 9 heteroatoms. The van der Waals surface area contributed by atoms with Crippen molar-refractivity contribution in [3.63, 3.8) is 0 Å². The zero-order chi connectivity index (χ0) is 20.9. The van der Waals surface area contributed by atoms with Crippen LogP contribution in [0, 0.1) is 0 Å². The van der Waals surface area contributed by atoms with Crippen molar-refractivity contribution in [1.82, 2.24) is 14.6 Å². The van der Waals surface area contributed by atoms with E-state index in [1.54, 1.807) is 35.9 Å². The maximum atomic E-state index is 12.2. The fourth-order valence-corrected chi connectivity index (χ4v) is 3.81. The van der Waals surface area contributed by atoms with Crippen molar-refractivity contribution < 1.29 is 14.3 Å². The first-order valence-electron chi connectivity index (χ1n) is 9.29. The van der Waals surface area contributed by atoms with Gasteiger partial charge in [-0.1, -0.05) is 23.7 Å². The second-order valence-electron chi connectivity index (χ2n) is 6.44. The van der Waals surface area contributed by atoms with Gasteiger partial charge in [-0.25, -0.2) is 4.52 Å². The van der Waals surface area contributed by atoms with Gasteiger partial charge in [-0.3, -0.25) is 10.1 Å². The molecule has 0 fully saturated rings. The Hall–Kier alpha value is -3.10. The molecule has 4 rings (SSSR count). The summed E-state index contributed by atoms with van der Waals surface area (Å²) in [6, 6.07) is 14.8. The molecule has 0 bridgehead atoms. The summed E-state index contributed by atoms with van der Waals surface area (Å²) in [6.07, 6.45) is 0.884. The summed E-state index contributed by atoms with van der Waals surface area (Å²) < 4.78 is 12.6. The summed E-state index contributed by atoms with van der Waals surface area (Å²) in [5.74, 6) is 1.62. The molecule has 0 aliphatic carbocycles. The van der Waals surface area contributed by atoms with Crippen molar-refractivity contribution in [2.75, 3.05) is 19.0 Å². The molecule has 0 saturated heterocycles. The highest BCUT2D eigenvalue weighted by Gasteiger charge is 2.14. The Morgan fingerprint density at radius 1 is 1.20 bits per heavy atom. The van der Waals surface area contributed by atoms with Crippen LogP contribution in [0.2, 0.25) is 5.02 Å². The van der Waals surface area contributed by atoms with Crippen molar-refractivity contribution in [2.45, 2.75) is 12.8 Å². The molecule has 2 aromatic carbocycles. The van der Waals surface area contributed by atoms with Crippen molar-refractivity contribution >= 4 is 39.8 Å². The van der Waals surface area contributed by atoms with Crippen molar-refractivity contribution in [1.29, 1.82) is 0 Å². The second-order valence-corrected chi connectivity index (χ2v) is 7.71. The van der Waals surface area contributed by atoms with E-state index in [0.29, 0.717) is 29.4 Å². The van der Waals surface area contributed by atoms with Crippen molar-refractivity contribution in [3.05, 3.63) is 58.9 Å². The van der Waals surface area contributed by atoms with E-state index in [2.05, 4.69) is 15.4 Å². The van der Waals surface area contributed by atoms with Crippen LogP contribution in [-0.4, -0.2) is 34.2 Å². The molecule has 30 heavy (non-hydrogen) atoms. The third-order valence-corrected chi connectivity index (χ3v) is 5.40. The molecule has 2 aromatic heterocycles. The zero-order valence-corrected chi connectivity index (χ0v) is 17.7. The number of fused-ring (bicyclic) bond motifs is 1. The van der Waals surface area contributed by atoms with E-state index in [1.165, 1.54) is 11.3 Å². The van der Waals surface area contributed by atoms with Crippen molar-refractivity contribution in [2.24, 2.45) is 0 Å².